The van der Waals surface area contributed by atoms with Gasteiger partial charge in [0.1, 0.15) is 6.54 Å². The Morgan fingerprint density at radius 1 is 1.03 bits per heavy atom. The van der Waals surface area contributed by atoms with Gasteiger partial charge in [0, 0.05) is 26.7 Å². The fraction of sp³-hybridized carbons (Fsp3) is 0.364. The number of morpholine rings is 1. The van der Waals surface area contributed by atoms with Crippen LogP contribution < -0.4 is 11.0 Å². The van der Waals surface area contributed by atoms with Gasteiger partial charge in [0.2, 0.25) is 5.91 Å². The topological polar surface area (TPSA) is 68.5 Å². The van der Waals surface area contributed by atoms with Crippen molar-refractivity contribution in [2.45, 2.75) is 12.6 Å². The third-order valence-electron chi connectivity index (χ3n) is 5.44. The van der Waals surface area contributed by atoms with E-state index in [2.05, 4.69) is 10.2 Å². The number of nitrogens with zero attached hydrogens (tertiary/aromatic N) is 3. The van der Waals surface area contributed by atoms with E-state index in [0.717, 1.165) is 29.7 Å². The van der Waals surface area contributed by atoms with E-state index in [0.29, 0.717) is 19.8 Å². The van der Waals surface area contributed by atoms with Gasteiger partial charge >= 0.3 is 5.69 Å². The molecule has 29 heavy (non-hydrogen) atoms. The first-order valence-corrected chi connectivity index (χ1v) is 9.92. The Morgan fingerprint density at radius 2 is 1.69 bits per heavy atom. The number of rotatable bonds is 6. The summed E-state index contributed by atoms with van der Waals surface area (Å²) in [7, 11) is 1.73. The number of carbonyl (C=O) groups is 1. The summed E-state index contributed by atoms with van der Waals surface area (Å²) in [4.78, 5) is 27.8. The lowest BCUT2D eigenvalue weighted by atomic mass is 10.1. The predicted octanol–water partition coefficient (Wildman–Crippen LogP) is 1.53. The van der Waals surface area contributed by atoms with Crippen LogP contribution in [0, 0.1) is 0 Å². The van der Waals surface area contributed by atoms with Gasteiger partial charge in [0.05, 0.1) is 30.3 Å². The summed E-state index contributed by atoms with van der Waals surface area (Å²) in [5.74, 6) is -0.175. The zero-order valence-corrected chi connectivity index (χ0v) is 16.6. The molecule has 2 aromatic carbocycles. The van der Waals surface area contributed by atoms with Gasteiger partial charge in [-0.05, 0) is 17.7 Å². The molecule has 0 spiro atoms. The normalized spacial score (nSPS) is 16.0. The highest BCUT2D eigenvalue weighted by Gasteiger charge is 2.21. The lowest BCUT2D eigenvalue weighted by molar-refractivity contribution is -0.122. The molecule has 3 aromatic rings. The summed E-state index contributed by atoms with van der Waals surface area (Å²) >= 11 is 0. The number of para-hydroxylation sites is 2. The van der Waals surface area contributed by atoms with E-state index < -0.39 is 0 Å². The molecule has 2 heterocycles. The van der Waals surface area contributed by atoms with Crippen molar-refractivity contribution in [1.82, 2.24) is 19.4 Å². The number of ether oxygens (including phenoxy) is 1. The molecular formula is C22H26N4O3. The highest BCUT2D eigenvalue weighted by atomic mass is 16.5. The van der Waals surface area contributed by atoms with Crippen molar-refractivity contribution in [2.24, 2.45) is 7.05 Å². The Labute approximate surface area is 169 Å². The molecule has 4 rings (SSSR count). The first kappa shape index (κ1) is 19.4. The van der Waals surface area contributed by atoms with Crippen molar-refractivity contribution in [3.63, 3.8) is 0 Å². The van der Waals surface area contributed by atoms with Crippen molar-refractivity contribution in [3.05, 3.63) is 70.6 Å². The van der Waals surface area contributed by atoms with Crippen LogP contribution in [0.3, 0.4) is 0 Å². The van der Waals surface area contributed by atoms with Crippen LogP contribution in [-0.2, 0) is 23.1 Å². The van der Waals surface area contributed by atoms with Crippen LogP contribution in [0.2, 0.25) is 0 Å². The third-order valence-corrected chi connectivity index (χ3v) is 5.44. The molecule has 7 nitrogen and oxygen atoms in total. The number of fused-ring (bicyclic) bond motifs is 1. The molecule has 0 saturated carbocycles. The summed E-state index contributed by atoms with van der Waals surface area (Å²) in [6.45, 7) is 3.82. The number of benzene rings is 2. The SMILES string of the molecule is Cn1c(=O)n(CC(=O)NC(CN2CCOCC2)c2ccccc2)c2ccccc21. The second kappa shape index (κ2) is 8.63. The maximum Gasteiger partial charge on any atom is 0.329 e. The van der Waals surface area contributed by atoms with Crippen LogP contribution in [0.5, 0.6) is 0 Å². The van der Waals surface area contributed by atoms with Crippen LogP contribution in [0.15, 0.2) is 59.4 Å². The molecule has 1 aliphatic heterocycles. The second-order valence-electron chi connectivity index (χ2n) is 7.36. The Bertz CT molecular complexity index is 1040. The molecule has 152 valence electrons. The molecule has 1 atom stereocenters. The lowest BCUT2D eigenvalue weighted by Crippen LogP contribution is -2.44. The average Bonchev–Trinajstić information content (AvgIpc) is 3.00. The van der Waals surface area contributed by atoms with Crippen molar-refractivity contribution in [3.8, 4) is 0 Å². The fourth-order valence-electron chi connectivity index (χ4n) is 3.86. The van der Waals surface area contributed by atoms with Gasteiger partial charge in [-0.1, -0.05) is 42.5 Å². The summed E-state index contributed by atoms with van der Waals surface area (Å²) < 4.78 is 8.54. The molecule has 0 aliphatic carbocycles. The average molecular weight is 394 g/mol. The molecular weight excluding hydrogens is 368 g/mol. The van der Waals surface area contributed by atoms with E-state index in [1.165, 1.54) is 4.57 Å². The van der Waals surface area contributed by atoms with E-state index in [1.807, 2.05) is 54.6 Å². The van der Waals surface area contributed by atoms with E-state index in [9.17, 15) is 9.59 Å². The van der Waals surface area contributed by atoms with Crippen molar-refractivity contribution in [1.29, 1.82) is 0 Å². The van der Waals surface area contributed by atoms with Crippen molar-refractivity contribution >= 4 is 16.9 Å². The summed E-state index contributed by atoms with van der Waals surface area (Å²) in [6, 6.07) is 17.3. The Hall–Kier alpha value is -2.90. The highest BCUT2D eigenvalue weighted by molar-refractivity contribution is 5.81. The lowest BCUT2D eigenvalue weighted by Gasteiger charge is -2.31. The summed E-state index contributed by atoms with van der Waals surface area (Å²) in [6.07, 6.45) is 0. The van der Waals surface area contributed by atoms with Crippen LogP contribution >= 0.6 is 0 Å². The molecule has 1 unspecified atom stereocenters. The summed E-state index contributed by atoms with van der Waals surface area (Å²) in [5, 5.41) is 3.14. The first-order chi connectivity index (χ1) is 14.1. The van der Waals surface area contributed by atoms with Crippen molar-refractivity contribution < 1.29 is 9.53 Å². The number of aromatic nitrogens is 2. The Morgan fingerprint density at radius 3 is 2.41 bits per heavy atom. The summed E-state index contributed by atoms with van der Waals surface area (Å²) in [5.41, 5.74) is 2.45. The molecule has 1 aliphatic rings. The molecule has 1 N–H and O–H groups in total. The standard InChI is InChI=1S/C22H26N4O3/c1-24-19-9-5-6-10-20(19)26(22(24)28)16-21(27)23-18(17-7-3-2-4-8-17)15-25-11-13-29-14-12-25/h2-10,18H,11-16H2,1H3,(H,23,27). The van der Waals surface area contributed by atoms with Gasteiger partial charge in [0.15, 0.2) is 0 Å². The fourth-order valence-corrected chi connectivity index (χ4v) is 3.86. The van der Waals surface area contributed by atoms with Crippen LogP contribution in [-0.4, -0.2) is 52.8 Å². The minimum absolute atomic E-state index is 0.00731. The first-order valence-electron chi connectivity index (χ1n) is 9.92. The van der Waals surface area contributed by atoms with E-state index in [1.54, 1.807) is 11.6 Å². The smallest absolute Gasteiger partial charge is 0.329 e. The molecule has 0 radical (unpaired) electrons. The number of carbonyl (C=O) groups excluding carboxylic acids is 1. The minimum atomic E-state index is -0.189. The minimum Gasteiger partial charge on any atom is -0.379 e. The van der Waals surface area contributed by atoms with Gasteiger partial charge < -0.3 is 10.1 Å². The van der Waals surface area contributed by atoms with Gasteiger partial charge in [-0.25, -0.2) is 4.79 Å². The Kier molecular flexibility index (Phi) is 5.78. The van der Waals surface area contributed by atoms with Crippen molar-refractivity contribution in [2.75, 3.05) is 32.8 Å². The molecule has 1 saturated heterocycles. The Balaban J connectivity index is 1.54. The quantitative estimate of drug-likeness (QED) is 0.689. The molecule has 1 amide bonds. The number of aryl methyl sites for hydroxylation is 1. The van der Waals surface area contributed by atoms with Gasteiger partial charge in [-0.2, -0.15) is 0 Å². The highest BCUT2D eigenvalue weighted by Crippen LogP contribution is 2.16. The van der Waals surface area contributed by atoms with E-state index in [-0.39, 0.29) is 24.2 Å². The van der Waals surface area contributed by atoms with Gasteiger partial charge in [-0.3, -0.25) is 18.8 Å². The van der Waals surface area contributed by atoms with E-state index in [4.69, 9.17) is 4.74 Å². The van der Waals surface area contributed by atoms with Crippen LogP contribution in [0.1, 0.15) is 11.6 Å². The molecule has 0 bridgehead atoms. The largest absolute Gasteiger partial charge is 0.379 e. The molecule has 1 fully saturated rings. The van der Waals surface area contributed by atoms with Gasteiger partial charge in [0.25, 0.3) is 0 Å². The molecule has 7 heteroatoms. The van der Waals surface area contributed by atoms with E-state index >= 15 is 0 Å². The monoisotopic (exact) mass is 394 g/mol. The van der Waals surface area contributed by atoms with Crippen LogP contribution in [0.4, 0.5) is 0 Å². The number of hydrogen-bond donors (Lipinski definition) is 1. The zero-order chi connectivity index (χ0) is 20.2. The number of amides is 1. The van der Waals surface area contributed by atoms with Gasteiger partial charge in [-0.15, -0.1) is 0 Å². The third kappa shape index (κ3) is 4.26. The second-order valence-corrected chi connectivity index (χ2v) is 7.36. The number of imidazole rings is 1. The van der Waals surface area contributed by atoms with Crippen LogP contribution in [0.25, 0.3) is 11.0 Å². The number of hydrogen-bond acceptors (Lipinski definition) is 4. The number of nitrogens with one attached hydrogen (secondary N) is 1. The predicted molar refractivity (Wildman–Crippen MR) is 112 cm³/mol. The maximum absolute atomic E-state index is 12.9. The zero-order valence-electron chi connectivity index (χ0n) is 16.6. The molecule has 1 aromatic heterocycles. The maximum atomic E-state index is 12.9.